The van der Waals surface area contributed by atoms with Gasteiger partial charge in [0.25, 0.3) is 0 Å². The van der Waals surface area contributed by atoms with Crippen LogP contribution in [0.4, 0.5) is 4.79 Å². The monoisotopic (exact) mass is 259 g/mol. The average molecular weight is 259 g/mol. The van der Waals surface area contributed by atoms with Gasteiger partial charge >= 0.3 is 6.09 Å². The van der Waals surface area contributed by atoms with Gasteiger partial charge in [0.15, 0.2) is 0 Å². The summed E-state index contributed by atoms with van der Waals surface area (Å²) < 4.78 is 4.99. The van der Waals surface area contributed by atoms with Crippen molar-refractivity contribution in [3.8, 4) is 0 Å². The number of nitrogens with zero attached hydrogens (tertiary/aromatic N) is 1. The normalized spacial score (nSPS) is 18.9. The van der Waals surface area contributed by atoms with Gasteiger partial charge in [-0.05, 0) is 18.9 Å². The summed E-state index contributed by atoms with van der Waals surface area (Å²) in [6.45, 7) is 2.12. The molecule has 1 saturated heterocycles. The third kappa shape index (κ3) is 3.22. The summed E-state index contributed by atoms with van der Waals surface area (Å²) in [5.74, 6) is -0.207. The SMILES string of the molecule is C/C=C/CC(=O)N1C(=O)OCC1Cc1ccccc1. The minimum atomic E-state index is -0.532. The van der Waals surface area contributed by atoms with Crippen LogP contribution in [0.1, 0.15) is 18.9 Å². The summed E-state index contributed by atoms with van der Waals surface area (Å²) in [6.07, 6.45) is 3.87. The number of benzene rings is 1. The Morgan fingerprint density at radius 2 is 2.16 bits per heavy atom. The standard InChI is InChI=1S/C15H17NO3/c1-2-3-9-14(17)16-13(11-19-15(16)18)10-12-7-5-4-6-8-12/h2-8,13H,9-11H2,1H3/b3-2+. The van der Waals surface area contributed by atoms with Crippen LogP contribution in [-0.4, -0.2) is 29.5 Å². The van der Waals surface area contributed by atoms with Crippen LogP contribution in [0, 0.1) is 0 Å². The van der Waals surface area contributed by atoms with E-state index in [-0.39, 0.29) is 25.0 Å². The van der Waals surface area contributed by atoms with Crippen molar-refractivity contribution in [3.05, 3.63) is 48.0 Å². The lowest BCUT2D eigenvalue weighted by molar-refractivity contribution is -0.128. The molecule has 4 heteroatoms. The van der Waals surface area contributed by atoms with E-state index in [1.807, 2.05) is 37.3 Å². The summed E-state index contributed by atoms with van der Waals surface area (Å²) >= 11 is 0. The summed E-state index contributed by atoms with van der Waals surface area (Å²) in [7, 11) is 0. The molecule has 4 nitrogen and oxygen atoms in total. The molecule has 0 saturated carbocycles. The number of hydrogen-bond donors (Lipinski definition) is 0. The van der Waals surface area contributed by atoms with E-state index < -0.39 is 6.09 Å². The number of hydrogen-bond acceptors (Lipinski definition) is 3. The van der Waals surface area contributed by atoms with Gasteiger partial charge in [0.1, 0.15) is 6.61 Å². The Bertz CT molecular complexity index is 481. The zero-order chi connectivity index (χ0) is 13.7. The average Bonchev–Trinajstić information content (AvgIpc) is 2.78. The second kappa shape index (κ2) is 6.18. The van der Waals surface area contributed by atoms with Gasteiger partial charge in [-0.25, -0.2) is 9.69 Å². The van der Waals surface area contributed by atoms with Crippen LogP contribution in [0.5, 0.6) is 0 Å². The van der Waals surface area contributed by atoms with Crippen molar-refractivity contribution < 1.29 is 14.3 Å². The molecule has 1 aliphatic heterocycles. The van der Waals surface area contributed by atoms with E-state index in [1.54, 1.807) is 12.2 Å². The first-order valence-electron chi connectivity index (χ1n) is 6.36. The Morgan fingerprint density at radius 3 is 2.84 bits per heavy atom. The van der Waals surface area contributed by atoms with Crippen molar-refractivity contribution in [2.24, 2.45) is 0 Å². The number of imide groups is 1. The first-order valence-corrected chi connectivity index (χ1v) is 6.36. The van der Waals surface area contributed by atoms with Gasteiger partial charge in [0.05, 0.1) is 6.04 Å². The van der Waals surface area contributed by atoms with Crippen LogP contribution in [0.3, 0.4) is 0 Å². The van der Waals surface area contributed by atoms with Gasteiger partial charge in [-0.3, -0.25) is 4.79 Å². The first kappa shape index (κ1) is 13.3. The van der Waals surface area contributed by atoms with Crippen molar-refractivity contribution in [2.45, 2.75) is 25.8 Å². The molecule has 0 bridgehead atoms. The fraction of sp³-hybridized carbons (Fsp3) is 0.333. The van der Waals surface area contributed by atoms with Gasteiger partial charge in [-0.2, -0.15) is 0 Å². The third-order valence-electron chi connectivity index (χ3n) is 3.07. The smallest absolute Gasteiger partial charge is 0.416 e. The van der Waals surface area contributed by atoms with Crippen LogP contribution >= 0.6 is 0 Å². The summed E-state index contributed by atoms with van der Waals surface area (Å²) in [5.41, 5.74) is 1.09. The van der Waals surface area contributed by atoms with E-state index in [2.05, 4.69) is 0 Å². The van der Waals surface area contributed by atoms with Gasteiger partial charge in [-0.15, -0.1) is 0 Å². The number of carbonyl (C=O) groups excluding carboxylic acids is 2. The third-order valence-corrected chi connectivity index (χ3v) is 3.07. The largest absolute Gasteiger partial charge is 0.447 e. The Labute approximate surface area is 112 Å². The summed E-state index contributed by atoms with van der Waals surface area (Å²) in [5, 5.41) is 0. The van der Waals surface area contributed by atoms with E-state index in [4.69, 9.17) is 4.74 Å². The Balaban J connectivity index is 2.07. The van der Waals surface area contributed by atoms with E-state index in [0.29, 0.717) is 6.42 Å². The van der Waals surface area contributed by atoms with Crippen molar-refractivity contribution in [2.75, 3.05) is 6.61 Å². The topological polar surface area (TPSA) is 46.6 Å². The van der Waals surface area contributed by atoms with E-state index >= 15 is 0 Å². The van der Waals surface area contributed by atoms with Gasteiger partial charge in [0.2, 0.25) is 5.91 Å². The molecule has 1 aromatic carbocycles. The van der Waals surface area contributed by atoms with Crippen molar-refractivity contribution in [1.29, 1.82) is 0 Å². The molecular weight excluding hydrogens is 242 g/mol. The Kier molecular flexibility index (Phi) is 4.34. The first-order chi connectivity index (χ1) is 9.22. The highest BCUT2D eigenvalue weighted by atomic mass is 16.6. The molecule has 0 aliphatic carbocycles. The van der Waals surface area contributed by atoms with Gasteiger partial charge in [0, 0.05) is 6.42 Å². The number of rotatable bonds is 4. The molecule has 19 heavy (non-hydrogen) atoms. The zero-order valence-electron chi connectivity index (χ0n) is 10.9. The van der Waals surface area contributed by atoms with Crippen LogP contribution in [0.2, 0.25) is 0 Å². The van der Waals surface area contributed by atoms with Gasteiger partial charge < -0.3 is 4.74 Å². The fourth-order valence-corrected chi connectivity index (χ4v) is 2.12. The second-order valence-electron chi connectivity index (χ2n) is 4.46. The molecule has 2 amide bonds. The molecule has 0 radical (unpaired) electrons. The predicted molar refractivity (Wildman–Crippen MR) is 71.6 cm³/mol. The summed E-state index contributed by atoms with van der Waals surface area (Å²) in [6, 6.07) is 9.59. The van der Waals surface area contributed by atoms with Gasteiger partial charge in [-0.1, -0.05) is 42.5 Å². The lowest BCUT2D eigenvalue weighted by atomic mass is 10.1. The highest BCUT2D eigenvalue weighted by molar-refractivity contribution is 5.94. The number of allylic oxidation sites excluding steroid dienone is 1. The Hall–Kier alpha value is -2.10. The number of cyclic esters (lactones) is 1. The minimum Gasteiger partial charge on any atom is -0.447 e. The highest BCUT2D eigenvalue weighted by Crippen LogP contribution is 2.18. The highest BCUT2D eigenvalue weighted by Gasteiger charge is 2.37. The maximum atomic E-state index is 12.0. The van der Waals surface area contributed by atoms with Crippen LogP contribution < -0.4 is 0 Å². The van der Waals surface area contributed by atoms with E-state index in [1.165, 1.54) is 4.90 Å². The lowest BCUT2D eigenvalue weighted by Gasteiger charge is -2.18. The molecule has 1 atom stereocenters. The molecule has 0 spiro atoms. The molecule has 1 aromatic rings. The molecule has 0 aromatic heterocycles. The van der Waals surface area contributed by atoms with Crippen LogP contribution in [0.15, 0.2) is 42.5 Å². The van der Waals surface area contributed by atoms with Crippen molar-refractivity contribution >= 4 is 12.0 Å². The lowest BCUT2D eigenvalue weighted by Crippen LogP contribution is -2.39. The maximum Gasteiger partial charge on any atom is 0.416 e. The molecule has 2 rings (SSSR count). The number of ether oxygens (including phenoxy) is 1. The van der Waals surface area contributed by atoms with Crippen LogP contribution in [0.25, 0.3) is 0 Å². The zero-order valence-corrected chi connectivity index (χ0v) is 10.9. The predicted octanol–water partition coefficient (Wildman–Crippen LogP) is 2.54. The molecule has 1 heterocycles. The number of carbonyl (C=O) groups is 2. The van der Waals surface area contributed by atoms with E-state index in [9.17, 15) is 9.59 Å². The maximum absolute atomic E-state index is 12.0. The van der Waals surface area contributed by atoms with E-state index in [0.717, 1.165) is 5.56 Å². The van der Waals surface area contributed by atoms with Crippen molar-refractivity contribution in [1.82, 2.24) is 4.90 Å². The molecule has 100 valence electrons. The Morgan fingerprint density at radius 1 is 1.42 bits per heavy atom. The minimum absolute atomic E-state index is 0.201. The second-order valence-corrected chi connectivity index (χ2v) is 4.46. The quantitative estimate of drug-likeness (QED) is 0.781. The molecule has 1 fully saturated rings. The van der Waals surface area contributed by atoms with Crippen LogP contribution in [-0.2, 0) is 16.0 Å². The number of amides is 2. The molecule has 0 N–H and O–H groups in total. The fourth-order valence-electron chi connectivity index (χ4n) is 2.12. The molecule has 1 unspecified atom stereocenters. The molecular formula is C15H17NO3. The summed E-state index contributed by atoms with van der Waals surface area (Å²) in [4.78, 5) is 24.9. The van der Waals surface area contributed by atoms with Crippen molar-refractivity contribution in [3.63, 3.8) is 0 Å². The molecule has 1 aliphatic rings.